The molecule has 0 amide bonds. The Labute approximate surface area is 127 Å². The molecular formula is C19H36O. The highest BCUT2D eigenvalue weighted by Crippen LogP contribution is 2.10. The Morgan fingerprint density at radius 2 is 1.15 bits per heavy atom. The van der Waals surface area contributed by atoms with Gasteiger partial charge in [-0.25, -0.2) is 0 Å². The number of hydrogen-bond donors (Lipinski definition) is 0. The van der Waals surface area contributed by atoms with Gasteiger partial charge in [-0.2, -0.15) is 0 Å². The van der Waals surface area contributed by atoms with Crippen molar-refractivity contribution in [1.82, 2.24) is 0 Å². The first-order valence-corrected chi connectivity index (χ1v) is 8.91. The Kier molecular flexibility index (Phi) is 16.0. The van der Waals surface area contributed by atoms with Crippen molar-refractivity contribution in [3.8, 4) is 0 Å². The van der Waals surface area contributed by atoms with E-state index < -0.39 is 0 Å². The minimum Gasteiger partial charge on any atom is -0.300 e. The molecule has 20 heavy (non-hydrogen) atoms. The Hall–Kier alpha value is -0.590. The number of unbranched alkanes of at least 4 members (excludes halogenated alkanes) is 11. The van der Waals surface area contributed by atoms with Crippen LogP contribution in [0.25, 0.3) is 0 Å². The van der Waals surface area contributed by atoms with E-state index in [9.17, 15) is 4.79 Å². The molecule has 0 rings (SSSR count). The summed E-state index contributed by atoms with van der Waals surface area (Å²) in [6.45, 7) is 3.95. The number of carbonyl (C=O) groups excluding carboxylic acids is 1. The second-order valence-corrected chi connectivity index (χ2v) is 6.04. The van der Waals surface area contributed by atoms with Crippen LogP contribution in [0.5, 0.6) is 0 Å². The molecule has 0 bridgehead atoms. The largest absolute Gasteiger partial charge is 0.300 e. The zero-order valence-corrected chi connectivity index (χ0v) is 14.0. The van der Waals surface area contributed by atoms with Gasteiger partial charge in [0.1, 0.15) is 5.78 Å². The number of ketones is 1. The number of hydrogen-bond acceptors (Lipinski definition) is 1. The number of rotatable bonds is 15. The van der Waals surface area contributed by atoms with Gasteiger partial charge in [-0.3, -0.25) is 0 Å². The van der Waals surface area contributed by atoms with E-state index in [0.717, 1.165) is 12.8 Å². The summed E-state index contributed by atoms with van der Waals surface area (Å²) >= 11 is 0. The Bertz CT molecular complexity index is 230. The van der Waals surface area contributed by atoms with E-state index in [1.807, 2.05) is 0 Å². The second-order valence-electron chi connectivity index (χ2n) is 6.04. The van der Waals surface area contributed by atoms with Crippen LogP contribution in [0.15, 0.2) is 12.2 Å². The van der Waals surface area contributed by atoms with Gasteiger partial charge in [0.2, 0.25) is 0 Å². The minimum atomic E-state index is 0.339. The van der Waals surface area contributed by atoms with Crippen LogP contribution in [-0.2, 0) is 4.79 Å². The quantitative estimate of drug-likeness (QED) is 0.243. The van der Waals surface area contributed by atoms with E-state index in [2.05, 4.69) is 19.1 Å². The number of Topliss-reactive ketones (excluding diaryl/α,β-unsaturated/α-hetero) is 1. The van der Waals surface area contributed by atoms with Crippen LogP contribution >= 0.6 is 0 Å². The third kappa shape index (κ3) is 17.4. The van der Waals surface area contributed by atoms with Gasteiger partial charge in [0.25, 0.3) is 0 Å². The lowest BCUT2D eigenvalue weighted by atomic mass is 10.1. The third-order valence-electron chi connectivity index (χ3n) is 3.79. The van der Waals surface area contributed by atoms with Crippen molar-refractivity contribution >= 4 is 5.78 Å². The summed E-state index contributed by atoms with van der Waals surface area (Å²) in [5.41, 5.74) is 0. The molecule has 0 saturated heterocycles. The molecule has 0 heterocycles. The molecule has 0 spiro atoms. The van der Waals surface area contributed by atoms with Gasteiger partial charge in [-0.1, -0.05) is 70.4 Å². The van der Waals surface area contributed by atoms with Crippen molar-refractivity contribution in [3.63, 3.8) is 0 Å². The highest BCUT2D eigenvalue weighted by molar-refractivity contribution is 5.75. The normalized spacial score (nSPS) is 11.3. The maximum Gasteiger partial charge on any atom is 0.129 e. The molecular weight excluding hydrogens is 244 g/mol. The summed E-state index contributed by atoms with van der Waals surface area (Å²) in [4.78, 5) is 10.8. The standard InChI is InChI=1S/C19H36O/c1-3-4-5-6-7-8-9-10-11-12-13-14-15-16-17-18-19(2)20/h8-9H,3-7,10-18H2,1-2H3/b9-8+. The van der Waals surface area contributed by atoms with Gasteiger partial charge in [-0.05, 0) is 39.0 Å². The lowest BCUT2D eigenvalue weighted by molar-refractivity contribution is -0.117. The van der Waals surface area contributed by atoms with Crippen molar-refractivity contribution in [2.75, 3.05) is 0 Å². The van der Waals surface area contributed by atoms with Crippen molar-refractivity contribution in [3.05, 3.63) is 12.2 Å². The molecule has 0 radical (unpaired) electrons. The van der Waals surface area contributed by atoms with Crippen LogP contribution in [0.3, 0.4) is 0 Å². The first-order chi connectivity index (χ1) is 9.77. The molecule has 0 aromatic carbocycles. The molecule has 0 atom stereocenters. The molecule has 0 aliphatic heterocycles. The molecule has 0 N–H and O–H groups in total. The van der Waals surface area contributed by atoms with Crippen LogP contribution in [0, 0.1) is 0 Å². The van der Waals surface area contributed by atoms with Crippen molar-refractivity contribution < 1.29 is 4.79 Å². The molecule has 0 aromatic heterocycles. The Balaban J connectivity index is 3.05. The summed E-state index contributed by atoms with van der Waals surface area (Å²) in [7, 11) is 0. The van der Waals surface area contributed by atoms with Gasteiger partial charge >= 0.3 is 0 Å². The van der Waals surface area contributed by atoms with Gasteiger partial charge in [-0.15, -0.1) is 0 Å². The zero-order chi connectivity index (χ0) is 14.9. The molecule has 0 aliphatic carbocycles. The van der Waals surface area contributed by atoms with Gasteiger partial charge in [0, 0.05) is 6.42 Å². The monoisotopic (exact) mass is 280 g/mol. The van der Waals surface area contributed by atoms with Crippen molar-refractivity contribution in [1.29, 1.82) is 0 Å². The molecule has 1 nitrogen and oxygen atoms in total. The maximum absolute atomic E-state index is 10.8. The Morgan fingerprint density at radius 1 is 0.700 bits per heavy atom. The molecule has 0 fully saturated rings. The summed E-state index contributed by atoms with van der Waals surface area (Å²) in [6.07, 6.45) is 22.6. The highest BCUT2D eigenvalue weighted by atomic mass is 16.1. The average molecular weight is 280 g/mol. The fourth-order valence-corrected chi connectivity index (χ4v) is 2.44. The summed E-state index contributed by atoms with van der Waals surface area (Å²) < 4.78 is 0. The summed E-state index contributed by atoms with van der Waals surface area (Å²) in [5, 5.41) is 0. The SMILES string of the molecule is CCCCCC/C=C/CCCCCCCCCC(C)=O. The molecule has 1 heteroatoms. The average Bonchev–Trinajstić information content (AvgIpc) is 2.43. The zero-order valence-electron chi connectivity index (χ0n) is 14.0. The van der Waals surface area contributed by atoms with Crippen LogP contribution in [0.2, 0.25) is 0 Å². The first-order valence-electron chi connectivity index (χ1n) is 8.91. The molecule has 0 aromatic rings. The van der Waals surface area contributed by atoms with E-state index in [1.54, 1.807) is 6.92 Å². The van der Waals surface area contributed by atoms with Gasteiger partial charge < -0.3 is 4.79 Å². The third-order valence-corrected chi connectivity index (χ3v) is 3.79. The smallest absolute Gasteiger partial charge is 0.129 e. The van der Waals surface area contributed by atoms with Crippen LogP contribution in [0.1, 0.15) is 104 Å². The molecule has 0 aliphatic rings. The summed E-state index contributed by atoms with van der Waals surface area (Å²) in [6, 6.07) is 0. The number of allylic oxidation sites excluding steroid dienone is 2. The second kappa shape index (κ2) is 16.5. The van der Waals surface area contributed by atoms with E-state index in [1.165, 1.54) is 77.0 Å². The maximum atomic E-state index is 10.8. The molecule has 118 valence electrons. The fraction of sp³-hybridized carbons (Fsp3) is 0.842. The van der Waals surface area contributed by atoms with Crippen LogP contribution in [0.4, 0.5) is 0 Å². The highest BCUT2D eigenvalue weighted by Gasteiger charge is 1.94. The Morgan fingerprint density at radius 3 is 1.65 bits per heavy atom. The predicted molar refractivity (Wildman–Crippen MR) is 90.1 cm³/mol. The van der Waals surface area contributed by atoms with E-state index in [4.69, 9.17) is 0 Å². The number of carbonyl (C=O) groups is 1. The predicted octanol–water partition coefficient (Wildman–Crippen LogP) is 6.61. The van der Waals surface area contributed by atoms with Crippen molar-refractivity contribution in [2.24, 2.45) is 0 Å². The summed E-state index contributed by atoms with van der Waals surface area (Å²) in [5.74, 6) is 0.339. The van der Waals surface area contributed by atoms with Gasteiger partial charge in [0.15, 0.2) is 0 Å². The van der Waals surface area contributed by atoms with Gasteiger partial charge in [0.05, 0.1) is 0 Å². The molecule has 0 saturated carbocycles. The lowest BCUT2D eigenvalue weighted by Crippen LogP contribution is -1.89. The van der Waals surface area contributed by atoms with Crippen LogP contribution in [-0.4, -0.2) is 5.78 Å². The van der Waals surface area contributed by atoms with E-state index in [0.29, 0.717) is 5.78 Å². The molecule has 0 unspecified atom stereocenters. The van der Waals surface area contributed by atoms with Crippen molar-refractivity contribution in [2.45, 2.75) is 104 Å². The fourth-order valence-electron chi connectivity index (χ4n) is 2.44. The van der Waals surface area contributed by atoms with E-state index >= 15 is 0 Å². The topological polar surface area (TPSA) is 17.1 Å². The minimum absolute atomic E-state index is 0.339. The lowest BCUT2D eigenvalue weighted by Gasteiger charge is -2.00. The first kappa shape index (κ1) is 19.4. The van der Waals surface area contributed by atoms with E-state index in [-0.39, 0.29) is 0 Å². The van der Waals surface area contributed by atoms with Crippen LogP contribution < -0.4 is 0 Å².